The normalized spacial score (nSPS) is 11.5. The van der Waals surface area contributed by atoms with Crippen molar-refractivity contribution >= 4 is 23.3 Å². The molecule has 0 radical (unpaired) electrons. The molecule has 0 bridgehead atoms. The number of furan rings is 1. The quantitative estimate of drug-likeness (QED) is 0.618. The summed E-state index contributed by atoms with van der Waals surface area (Å²) >= 11 is 0. The van der Waals surface area contributed by atoms with Gasteiger partial charge in [0, 0.05) is 17.7 Å². The zero-order chi connectivity index (χ0) is 19.9. The monoisotopic (exact) mass is 376 g/mol. The molecular weight excluding hydrogens is 356 g/mol. The SMILES string of the molecule is CC(=O)c1ccc(NC(=O)[C@H](Cc2ccccc2)NC(=O)c2ccco2)cc1. The number of hydrogen-bond donors (Lipinski definition) is 2. The molecule has 3 aromatic rings. The third-order valence-electron chi connectivity index (χ3n) is 4.21. The van der Waals surface area contributed by atoms with Crippen LogP contribution in [0, 0.1) is 0 Å². The highest BCUT2D eigenvalue weighted by atomic mass is 16.3. The highest BCUT2D eigenvalue weighted by molar-refractivity contribution is 6.00. The molecule has 0 aliphatic heterocycles. The Morgan fingerprint density at radius 3 is 2.25 bits per heavy atom. The van der Waals surface area contributed by atoms with Crippen molar-refractivity contribution in [3.8, 4) is 0 Å². The van der Waals surface area contributed by atoms with Crippen molar-refractivity contribution in [1.82, 2.24) is 5.32 Å². The predicted molar refractivity (Wildman–Crippen MR) is 105 cm³/mol. The van der Waals surface area contributed by atoms with Gasteiger partial charge in [-0.05, 0) is 48.9 Å². The van der Waals surface area contributed by atoms with E-state index in [2.05, 4.69) is 10.6 Å². The number of amides is 2. The van der Waals surface area contributed by atoms with Crippen LogP contribution in [-0.2, 0) is 11.2 Å². The first-order valence-corrected chi connectivity index (χ1v) is 8.83. The first-order chi connectivity index (χ1) is 13.5. The van der Waals surface area contributed by atoms with Crippen molar-refractivity contribution in [2.45, 2.75) is 19.4 Å². The Labute approximate surface area is 162 Å². The number of carbonyl (C=O) groups is 3. The molecule has 2 amide bonds. The summed E-state index contributed by atoms with van der Waals surface area (Å²) in [5.74, 6) is -0.741. The van der Waals surface area contributed by atoms with Crippen molar-refractivity contribution in [2.24, 2.45) is 0 Å². The van der Waals surface area contributed by atoms with Crippen molar-refractivity contribution in [1.29, 1.82) is 0 Å². The van der Waals surface area contributed by atoms with Crippen molar-refractivity contribution in [3.05, 3.63) is 89.9 Å². The van der Waals surface area contributed by atoms with E-state index < -0.39 is 11.9 Å². The highest BCUT2D eigenvalue weighted by Gasteiger charge is 2.23. The Kier molecular flexibility index (Phi) is 6.01. The first-order valence-electron chi connectivity index (χ1n) is 8.83. The maximum Gasteiger partial charge on any atom is 0.287 e. The second-order valence-electron chi connectivity index (χ2n) is 6.32. The molecule has 6 heteroatoms. The van der Waals surface area contributed by atoms with E-state index in [1.54, 1.807) is 30.3 Å². The van der Waals surface area contributed by atoms with Gasteiger partial charge in [-0.3, -0.25) is 14.4 Å². The topological polar surface area (TPSA) is 88.4 Å². The summed E-state index contributed by atoms with van der Waals surface area (Å²) in [6, 6.07) is 18.4. The molecule has 0 saturated heterocycles. The number of benzene rings is 2. The lowest BCUT2D eigenvalue weighted by Gasteiger charge is -2.18. The molecule has 1 aromatic heterocycles. The van der Waals surface area contributed by atoms with Crippen LogP contribution < -0.4 is 10.6 Å². The minimum absolute atomic E-state index is 0.0504. The molecule has 2 N–H and O–H groups in total. The van der Waals surface area contributed by atoms with Crippen LogP contribution in [0.25, 0.3) is 0 Å². The van der Waals surface area contributed by atoms with Gasteiger partial charge in [-0.25, -0.2) is 0 Å². The fraction of sp³-hybridized carbons (Fsp3) is 0.136. The third kappa shape index (κ3) is 4.94. The zero-order valence-electron chi connectivity index (χ0n) is 15.3. The van der Waals surface area contributed by atoms with Gasteiger partial charge >= 0.3 is 0 Å². The molecule has 3 rings (SSSR count). The van der Waals surface area contributed by atoms with Gasteiger partial charge in [0.1, 0.15) is 6.04 Å². The van der Waals surface area contributed by atoms with Gasteiger partial charge in [0.25, 0.3) is 5.91 Å². The number of hydrogen-bond acceptors (Lipinski definition) is 4. The number of rotatable bonds is 7. The minimum atomic E-state index is -0.799. The largest absolute Gasteiger partial charge is 0.459 e. The van der Waals surface area contributed by atoms with Crippen LogP contribution in [0.4, 0.5) is 5.69 Å². The van der Waals surface area contributed by atoms with Gasteiger partial charge in [0.05, 0.1) is 6.26 Å². The fourth-order valence-corrected chi connectivity index (χ4v) is 2.71. The zero-order valence-corrected chi connectivity index (χ0v) is 15.3. The van der Waals surface area contributed by atoms with Crippen molar-refractivity contribution in [3.63, 3.8) is 0 Å². The molecule has 1 heterocycles. The number of Topliss-reactive ketones (excluding diaryl/α,β-unsaturated/α-hetero) is 1. The Balaban J connectivity index is 1.75. The highest BCUT2D eigenvalue weighted by Crippen LogP contribution is 2.12. The second kappa shape index (κ2) is 8.81. The summed E-state index contributed by atoms with van der Waals surface area (Å²) in [6.07, 6.45) is 1.72. The average molecular weight is 376 g/mol. The standard InChI is InChI=1S/C22H20N2O4/c1-15(25)17-9-11-18(12-10-17)23-21(26)19(14-16-6-3-2-4-7-16)24-22(27)20-8-5-13-28-20/h2-13,19H,14H2,1H3,(H,23,26)(H,24,27)/t19-/m0/s1. The molecule has 0 aliphatic carbocycles. The Bertz CT molecular complexity index is 948. The van der Waals surface area contributed by atoms with Crippen LogP contribution in [0.1, 0.15) is 33.4 Å². The van der Waals surface area contributed by atoms with Crippen LogP contribution in [0.3, 0.4) is 0 Å². The summed E-state index contributed by atoms with van der Waals surface area (Å²) in [5, 5.41) is 5.50. The Morgan fingerprint density at radius 1 is 0.929 bits per heavy atom. The van der Waals surface area contributed by atoms with Gasteiger partial charge in [-0.1, -0.05) is 30.3 Å². The third-order valence-corrected chi connectivity index (χ3v) is 4.21. The molecule has 2 aromatic carbocycles. The average Bonchev–Trinajstić information content (AvgIpc) is 3.23. The van der Waals surface area contributed by atoms with Crippen molar-refractivity contribution in [2.75, 3.05) is 5.32 Å². The smallest absolute Gasteiger partial charge is 0.287 e. The maximum absolute atomic E-state index is 12.8. The lowest BCUT2D eigenvalue weighted by atomic mass is 10.0. The van der Waals surface area contributed by atoms with Gasteiger partial charge < -0.3 is 15.1 Å². The summed E-state index contributed by atoms with van der Waals surface area (Å²) in [6.45, 7) is 1.48. The van der Waals surface area contributed by atoms with E-state index in [9.17, 15) is 14.4 Å². The second-order valence-corrected chi connectivity index (χ2v) is 6.32. The van der Waals surface area contributed by atoms with E-state index in [1.165, 1.54) is 19.3 Å². The first kappa shape index (κ1) is 19.1. The van der Waals surface area contributed by atoms with Crippen LogP contribution in [0.15, 0.2) is 77.4 Å². The summed E-state index contributed by atoms with van der Waals surface area (Å²) in [5.41, 5.74) is 2.01. The fourth-order valence-electron chi connectivity index (χ4n) is 2.71. The number of ketones is 1. The van der Waals surface area contributed by atoms with E-state index in [-0.39, 0.29) is 17.5 Å². The van der Waals surface area contributed by atoms with Crippen LogP contribution >= 0.6 is 0 Å². The molecule has 0 spiro atoms. The van der Waals surface area contributed by atoms with E-state index in [0.717, 1.165) is 5.56 Å². The molecular formula is C22H20N2O4. The van der Waals surface area contributed by atoms with E-state index >= 15 is 0 Å². The summed E-state index contributed by atoms with van der Waals surface area (Å²) in [7, 11) is 0. The molecule has 1 atom stereocenters. The Morgan fingerprint density at radius 2 is 1.64 bits per heavy atom. The summed E-state index contributed by atoms with van der Waals surface area (Å²) in [4.78, 5) is 36.6. The van der Waals surface area contributed by atoms with Gasteiger partial charge in [-0.15, -0.1) is 0 Å². The van der Waals surface area contributed by atoms with Crippen LogP contribution in [0.5, 0.6) is 0 Å². The van der Waals surface area contributed by atoms with E-state index in [1.807, 2.05) is 30.3 Å². The molecule has 28 heavy (non-hydrogen) atoms. The van der Waals surface area contributed by atoms with Crippen molar-refractivity contribution < 1.29 is 18.8 Å². The lowest BCUT2D eigenvalue weighted by Crippen LogP contribution is -2.45. The van der Waals surface area contributed by atoms with Gasteiger partial charge in [0.2, 0.25) is 5.91 Å². The lowest BCUT2D eigenvalue weighted by molar-refractivity contribution is -0.118. The molecule has 0 saturated carbocycles. The molecule has 0 aliphatic rings. The summed E-state index contributed by atoms with van der Waals surface area (Å²) < 4.78 is 5.10. The predicted octanol–water partition coefficient (Wildman–Crippen LogP) is 3.46. The molecule has 0 fully saturated rings. The van der Waals surface area contributed by atoms with Crippen LogP contribution in [-0.4, -0.2) is 23.6 Å². The maximum atomic E-state index is 12.8. The van der Waals surface area contributed by atoms with Crippen LogP contribution in [0.2, 0.25) is 0 Å². The van der Waals surface area contributed by atoms with E-state index in [4.69, 9.17) is 4.42 Å². The minimum Gasteiger partial charge on any atom is -0.459 e. The number of nitrogens with one attached hydrogen (secondary N) is 2. The number of carbonyl (C=O) groups excluding carboxylic acids is 3. The Hall–Kier alpha value is -3.67. The number of anilines is 1. The van der Waals surface area contributed by atoms with Gasteiger partial charge in [0.15, 0.2) is 11.5 Å². The van der Waals surface area contributed by atoms with E-state index in [0.29, 0.717) is 17.7 Å². The molecule has 0 unspecified atom stereocenters. The van der Waals surface area contributed by atoms with Gasteiger partial charge in [-0.2, -0.15) is 0 Å². The molecule has 142 valence electrons. The molecule has 6 nitrogen and oxygen atoms in total.